The molecule has 0 unspecified atom stereocenters. The van der Waals surface area contributed by atoms with E-state index in [4.69, 9.17) is 12.2 Å². The van der Waals surface area contributed by atoms with Crippen LogP contribution in [-0.4, -0.2) is 3.77 Å². The molecule has 0 atom stereocenters. The van der Waals surface area contributed by atoms with Crippen molar-refractivity contribution >= 4 is 31.9 Å². The van der Waals surface area contributed by atoms with E-state index < -0.39 is 0 Å². The Morgan fingerprint density at radius 2 is 2.12 bits per heavy atom. The van der Waals surface area contributed by atoms with Gasteiger partial charge in [-0.2, -0.15) is 0 Å². The van der Waals surface area contributed by atoms with Crippen LogP contribution in [0, 0.1) is 0 Å². The SMILES string of the molecule is CCCCCC(=S)Br. The Labute approximate surface area is 64.8 Å². The lowest BCUT2D eigenvalue weighted by atomic mass is 10.2. The highest BCUT2D eigenvalue weighted by molar-refractivity contribution is 9.20. The minimum atomic E-state index is 0.964. The van der Waals surface area contributed by atoms with Crippen molar-refractivity contribution < 1.29 is 0 Å². The molecule has 0 aromatic rings. The summed E-state index contributed by atoms with van der Waals surface area (Å²) in [4.78, 5) is 0. The molecule has 8 heavy (non-hydrogen) atoms. The number of thiocarbonyl (C=S) groups is 1. The van der Waals surface area contributed by atoms with Crippen LogP contribution < -0.4 is 0 Å². The third-order valence-electron chi connectivity index (χ3n) is 0.977. The molecule has 0 saturated carbocycles. The van der Waals surface area contributed by atoms with E-state index in [9.17, 15) is 0 Å². The Morgan fingerprint density at radius 1 is 1.50 bits per heavy atom. The number of halogens is 1. The Hall–Kier alpha value is 0.570. The van der Waals surface area contributed by atoms with E-state index in [1.807, 2.05) is 0 Å². The van der Waals surface area contributed by atoms with Crippen molar-refractivity contribution in [2.24, 2.45) is 0 Å². The van der Waals surface area contributed by atoms with Crippen LogP contribution in [0.4, 0.5) is 0 Å². The summed E-state index contributed by atoms with van der Waals surface area (Å²) in [6, 6.07) is 0. The first-order chi connectivity index (χ1) is 3.77. The molecule has 2 heteroatoms. The van der Waals surface area contributed by atoms with E-state index in [1.54, 1.807) is 0 Å². The van der Waals surface area contributed by atoms with Gasteiger partial charge in [-0.15, -0.1) is 0 Å². The molecule has 0 heterocycles. The predicted molar refractivity (Wildman–Crippen MR) is 45.7 cm³/mol. The molecule has 0 bridgehead atoms. The molecule has 0 aliphatic heterocycles. The summed E-state index contributed by atoms with van der Waals surface area (Å²) < 4.78 is 0.964. The average Bonchev–Trinajstić information content (AvgIpc) is 1.66. The number of rotatable bonds is 4. The number of unbranched alkanes of at least 4 members (excludes halogenated alkanes) is 2. The van der Waals surface area contributed by atoms with E-state index in [0.717, 1.165) is 10.2 Å². The van der Waals surface area contributed by atoms with Crippen LogP contribution in [0.2, 0.25) is 0 Å². The Morgan fingerprint density at radius 3 is 2.50 bits per heavy atom. The summed E-state index contributed by atoms with van der Waals surface area (Å²) >= 11 is 8.06. The van der Waals surface area contributed by atoms with Crippen molar-refractivity contribution in [2.45, 2.75) is 32.6 Å². The summed E-state index contributed by atoms with van der Waals surface area (Å²) in [5, 5.41) is 0. The molecular weight excluding hydrogens is 184 g/mol. The minimum absolute atomic E-state index is 0.964. The van der Waals surface area contributed by atoms with Crippen molar-refractivity contribution in [2.75, 3.05) is 0 Å². The summed E-state index contributed by atoms with van der Waals surface area (Å²) in [5.74, 6) is 0. The maximum atomic E-state index is 4.83. The largest absolute Gasteiger partial charge is 0.0768 e. The number of hydrogen-bond acceptors (Lipinski definition) is 1. The topological polar surface area (TPSA) is 0 Å². The fourth-order valence-electron chi connectivity index (χ4n) is 0.514. The zero-order valence-corrected chi connectivity index (χ0v) is 7.52. The minimum Gasteiger partial charge on any atom is -0.0768 e. The second-order valence-corrected chi connectivity index (χ2v) is 3.79. The van der Waals surface area contributed by atoms with Gasteiger partial charge in [0.1, 0.15) is 0 Å². The standard InChI is InChI=1S/C6H11BrS/c1-2-3-4-5-6(7)8/h2-5H2,1H3. The van der Waals surface area contributed by atoms with Gasteiger partial charge in [-0.25, -0.2) is 0 Å². The molecule has 0 aliphatic rings. The van der Waals surface area contributed by atoms with E-state index in [0.29, 0.717) is 0 Å². The van der Waals surface area contributed by atoms with E-state index in [2.05, 4.69) is 22.9 Å². The van der Waals surface area contributed by atoms with Crippen LogP contribution in [0.1, 0.15) is 32.6 Å². The molecule has 0 radical (unpaired) electrons. The first-order valence-corrected chi connectivity index (χ1v) is 4.16. The lowest BCUT2D eigenvalue weighted by Gasteiger charge is -1.91. The van der Waals surface area contributed by atoms with Crippen LogP contribution >= 0.6 is 28.1 Å². The second-order valence-electron chi connectivity index (χ2n) is 1.81. The maximum Gasteiger partial charge on any atom is 0.0579 e. The molecule has 0 fully saturated rings. The maximum absolute atomic E-state index is 4.83. The van der Waals surface area contributed by atoms with Gasteiger partial charge in [-0.1, -0.05) is 32.0 Å². The predicted octanol–water partition coefficient (Wildman–Crippen LogP) is 3.29. The normalized spacial score (nSPS) is 9.25. The highest BCUT2D eigenvalue weighted by atomic mass is 79.9. The third kappa shape index (κ3) is 6.57. The second kappa shape index (κ2) is 5.70. The Kier molecular flexibility index (Phi) is 6.11. The van der Waals surface area contributed by atoms with Crippen LogP contribution in [-0.2, 0) is 0 Å². The molecule has 48 valence electrons. The molecule has 0 aromatic carbocycles. The first-order valence-electron chi connectivity index (χ1n) is 2.95. The molecule has 0 amide bonds. The van der Waals surface area contributed by atoms with Crippen molar-refractivity contribution in [1.82, 2.24) is 0 Å². The van der Waals surface area contributed by atoms with Crippen molar-refractivity contribution in [3.05, 3.63) is 0 Å². The third-order valence-corrected chi connectivity index (χ3v) is 1.58. The summed E-state index contributed by atoms with van der Waals surface area (Å²) in [6.45, 7) is 2.19. The quantitative estimate of drug-likeness (QED) is 0.377. The molecule has 0 N–H and O–H groups in total. The molecule has 0 nitrogen and oxygen atoms in total. The Balaban J connectivity index is 2.82. The highest BCUT2D eigenvalue weighted by Crippen LogP contribution is 2.04. The summed E-state index contributed by atoms with van der Waals surface area (Å²) in [6.07, 6.45) is 4.87. The molecule has 0 aliphatic carbocycles. The van der Waals surface area contributed by atoms with E-state index in [-0.39, 0.29) is 0 Å². The van der Waals surface area contributed by atoms with Gasteiger partial charge in [-0.05, 0) is 28.8 Å². The highest BCUT2D eigenvalue weighted by Gasteiger charge is 1.87. The smallest absolute Gasteiger partial charge is 0.0579 e. The Bertz CT molecular complexity index is 70.9. The molecule has 0 rings (SSSR count). The van der Waals surface area contributed by atoms with Gasteiger partial charge >= 0.3 is 0 Å². The van der Waals surface area contributed by atoms with Crippen molar-refractivity contribution in [1.29, 1.82) is 0 Å². The van der Waals surface area contributed by atoms with E-state index in [1.165, 1.54) is 19.3 Å². The van der Waals surface area contributed by atoms with Crippen molar-refractivity contribution in [3.63, 3.8) is 0 Å². The molecule has 0 aromatic heterocycles. The summed E-state index contributed by atoms with van der Waals surface area (Å²) in [7, 11) is 0. The zero-order valence-electron chi connectivity index (χ0n) is 5.11. The van der Waals surface area contributed by atoms with Gasteiger partial charge in [-0.3, -0.25) is 0 Å². The van der Waals surface area contributed by atoms with Crippen molar-refractivity contribution in [3.8, 4) is 0 Å². The van der Waals surface area contributed by atoms with Crippen LogP contribution in [0.5, 0.6) is 0 Å². The molecular formula is C6H11BrS. The van der Waals surface area contributed by atoms with Crippen LogP contribution in [0.25, 0.3) is 0 Å². The van der Waals surface area contributed by atoms with Gasteiger partial charge in [0.15, 0.2) is 0 Å². The van der Waals surface area contributed by atoms with Gasteiger partial charge in [0.05, 0.1) is 3.77 Å². The molecule has 0 saturated heterocycles. The zero-order chi connectivity index (χ0) is 6.41. The van der Waals surface area contributed by atoms with Gasteiger partial charge in [0.25, 0.3) is 0 Å². The van der Waals surface area contributed by atoms with Crippen LogP contribution in [0.15, 0.2) is 0 Å². The average molecular weight is 195 g/mol. The van der Waals surface area contributed by atoms with E-state index >= 15 is 0 Å². The molecule has 0 spiro atoms. The van der Waals surface area contributed by atoms with Gasteiger partial charge in [0.2, 0.25) is 0 Å². The fourth-order valence-corrected chi connectivity index (χ4v) is 0.939. The van der Waals surface area contributed by atoms with Crippen LogP contribution in [0.3, 0.4) is 0 Å². The first kappa shape index (κ1) is 8.57. The van der Waals surface area contributed by atoms with Gasteiger partial charge in [0, 0.05) is 0 Å². The monoisotopic (exact) mass is 194 g/mol. The number of hydrogen-bond donors (Lipinski definition) is 0. The van der Waals surface area contributed by atoms with Gasteiger partial charge < -0.3 is 0 Å². The lowest BCUT2D eigenvalue weighted by molar-refractivity contribution is 0.747. The lowest BCUT2D eigenvalue weighted by Crippen LogP contribution is -1.80. The fraction of sp³-hybridized carbons (Fsp3) is 0.833. The summed E-state index contributed by atoms with van der Waals surface area (Å²) in [5.41, 5.74) is 0.